The fourth-order valence-corrected chi connectivity index (χ4v) is 2.25. The number of hydrogen-bond donors (Lipinski definition) is 1. The molecule has 122 valence electrons. The number of carboxylic acids is 1. The lowest BCUT2D eigenvalue weighted by Gasteiger charge is -2.21. The minimum atomic E-state index is -0.778. The number of anilines is 1. The van der Waals surface area contributed by atoms with Gasteiger partial charge >= 0.3 is 5.97 Å². The minimum absolute atomic E-state index is 0.149. The van der Waals surface area contributed by atoms with Gasteiger partial charge in [0.25, 0.3) is 0 Å². The number of rotatable bonds is 9. The second-order valence-corrected chi connectivity index (χ2v) is 5.15. The van der Waals surface area contributed by atoms with E-state index in [0.717, 1.165) is 30.2 Å². The van der Waals surface area contributed by atoms with E-state index in [-0.39, 0.29) is 6.42 Å². The van der Waals surface area contributed by atoms with Gasteiger partial charge in [-0.25, -0.2) is 4.98 Å². The highest BCUT2D eigenvalue weighted by Gasteiger charge is 2.05. The standard InChI is InChI=1S/C18H22N2O3/c1-2-20(17-5-3-4-12-19-17)13-14-23-16-9-6-15(7-10-16)8-11-18(21)22/h3-7,9-10,12H,2,8,11,13-14H2,1H3,(H,21,22). The minimum Gasteiger partial charge on any atom is -0.492 e. The van der Waals surface area contributed by atoms with Gasteiger partial charge in [-0.05, 0) is 43.2 Å². The number of carboxylic acid groups (broad SMARTS) is 1. The maximum Gasteiger partial charge on any atom is 0.303 e. The summed E-state index contributed by atoms with van der Waals surface area (Å²) in [7, 11) is 0. The van der Waals surface area contributed by atoms with Crippen LogP contribution in [0.15, 0.2) is 48.7 Å². The van der Waals surface area contributed by atoms with Gasteiger partial charge in [0.05, 0.1) is 6.54 Å². The van der Waals surface area contributed by atoms with Gasteiger partial charge in [0.1, 0.15) is 18.2 Å². The molecule has 1 heterocycles. The molecule has 1 aromatic carbocycles. The topological polar surface area (TPSA) is 62.7 Å². The largest absolute Gasteiger partial charge is 0.492 e. The van der Waals surface area contributed by atoms with E-state index in [4.69, 9.17) is 9.84 Å². The van der Waals surface area contributed by atoms with Crippen LogP contribution in [0.4, 0.5) is 5.82 Å². The highest BCUT2D eigenvalue weighted by atomic mass is 16.5. The Balaban J connectivity index is 1.80. The smallest absolute Gasteiger partial charge is 0.303 e. The van der Waals surface area contributed by atoms with Gasteiger partial charge in [0.2, 0.25) is 0 Å². The molecule has 23 heavy (non-hydrogen) atoms. The first-order chi connectivity index (χ1) is 11.2. The number of nitrogens with zero attached hydrogens (tertiary/aromatic N) is 2. The van der Waals surface area contributed by atoms with Crippen LogP contribution in [-0.4, -0.2) is 35.8 Å². The van der Waals surface area contributed by atoms with Gasteiger partial charge in [-0.1, -0.05) is 18.2 Å². The quantitative estimate of drug-likeness (QED) is 0.771. The van der Waals surface area contributed by atoms with Gasteiger partial charge < -0.3 is 14.7 Å². The monoisotopic (exact) mass is 314 g/mol. The molecule has 2 aromatic rings. The van der Waals surface area contributed by atoms with Crippen LogP contribution >= 0.6 is 0 Å². The van der Waals surface area contributed by atoms with Gasteiger partial charge in [0.15, 0.2) is 0 Å². The maximum absolute atomic E-state index is 10.6. The lowest BCUT2D eigenvalue weighted by molar-refractivity contribution is -0.136. The Morgan fingerprint density at radius 3 is 2.61 bits per heavy atom. The zero-order valence-electron chi connectivity index (χ0n) is 13.3. The average Bonchev–Trinajstić information content (AvgIpc) is 2.58. The zero-order valence-corrected chi connectivity index (χ0v) is 13.3. The third-order valence-electron chi connectivity index (χ3n) is 3.54. The van der Waals surface area contributed by atoms with Gasteiger partial charge in [-0.2, -0.15) is 0 Å². The van der Waals surface area contributed by atoms with Crippen molar-refractivity contribution in [2.24, 2.45) is 0 Å². The molecule has 1 aromatic heterocycles. The number of aryl methyl sites for hydroxylation is 1. The first-order valence-corrected chi connectivity index (χ1v) is 7.78. The van der Waals surface area contributed by atoms with Crippen molar-refractivity contribution in [3.8, 4) is 5.75 Å². The summed E-state index contributed by atoms with van der Waals surface area (Å²) in [5.41, 5.74) is 1.00. The van der Waals surface area contributed by atoms with Crippen molar-refractivity contribution >= 4 is 11.8 Å². The number of aromatic nitrogens is 1. The third kappa shape index (κ3) is 5.62. The molecule has 0 amide bonds. The lowest BCUT2D eigenvalue weighted by Crippen LogP contribution is -2.28. The van der Waals surface area contributed by atoms with Crippen LogP contribution in [0.25, 0.3) is 0 Å². The molecule has 0 bridgehead atoms. The summed E-state index contributed by atoms with van der Waals surface area (Å²) in [6, 6.07) is 13.5. The summed E-state index contributed by atoms with van der Waals surface area (Å²) in [6.45, 7) is 4.29. The average molecular weight is 314 g/mol. The predicted octanol–water partition coefficient (Wildman–Crippen LogP) is 3.00. The Labute approximate surface area is 136 Å². The van der Waals surface area contributed by atoms with Crippen molar-refractivity contribution in [1.29, 1.82) is 0 Å². The molecular formula is C18H22N2O3. The number of ether oxygens (including phenoxy) is 1. The second kappa shape index (κ2) is 8.78. The fraction of sp³-hybridized carbons (Fsp3) is 0.333. The molecule has 0 radical (unpaired) electrons. The first-order valence-electron chi connectivity index (χ1n) is 7.78. The van der Waals surface area contributed by atoms with Crippen molar-refractivity contribution in [1.82, 2.24) is 4.98 Å². The van der Waals surface area contributed by atoms with Crippen molar-refractivity contribution in [2.75, 3.05) is 24.6 Å². The molecule has 0 saturated heterocycles. The molecule has 0 aliphatic heterocycles. The van der Waals surface area contributed by atoms with E-state index in [2.05, 4.69) is 16.8 Å². The molecule has 2 rings (SSSR count). The van der Waals surface area contributed by atoms with Gasteiger partial charge in [0, 0.05) is 19.2 Å². The maximum atomic E-state index is 10.6. The van der Waals surface area contributed by atoms with E-state index in [1.165, 1.54) is 0 Å². The molecule has 0 fully saturated rings. The molecule has 0 aliphatic rings. The van der Waals surface area contributed by atoms with Crippen LogP contribution in [0, 0.1) is 0 Å². The molecular weight excluding hydrogens is 292 g/mol. The Kier molecular flexibility index (Phi) is 6.41. The van der Waals surface area contributed by atoms with Crippen molar-refractivity contribution < 1.29 is 14.6 Å². The molecule has 0 spiro atoms. The van der Waals surface area contributed by atoms with E-state index >= 15 is 0 Å². The normalized spacial score (nSPS) is 10.3. The molecule has 5 heteroatoms. The highest BCUT2D eigenvalue weighted by molar-refractivity contribution is 5.67. The Hall–Kier alpha value is -2.56. The number of benzene rings is 1. The van der Waals surface area contributed by atoms with Crippen LogP contribution in [0.2, 0.25) is 0 Å². The summed E-state index contributed by atoms with van der Waals surface area (Å²) >= 11 is 0. The first kappa shape index (κ1) is 16.8. The Morgan fingerprint density at radius 1 is 1.22 bits per heavy atom. The predicted molar refractivity (Wildman–Crippen MR) is 90.0 cm³/mol. The van der Waals surface area contributed by atoms with Crippen LogP contribution in [0.3, 0.4) is 0 Å². The van der Waals surface area contributed by atoms with E-state index in [1.807, 2.05) is 42.5 Å². The molecule has 0 saturated carbocycles. The number of hydrogen-bond acceptors (Lipinski definition) is 4. The van der Waals surface area contributed by atoms with Crippen LogP contribution in [-0.2, 0) is 11.2 Å². The van der Waals surface area contributed by atoms with Gasteiger partial charge in [-0.15, -0.1) is 0 Å². The fourth-order valence-electron chi connectivity index (χ4n) is 2.25. The van der Waals surface area contributed by atoms with E-state index in [9.17, 15) is 4.79 Å². The number of aliphatic carboxylic acids is 1. The van der Waals surface area contributed by atoms with E-state index in [1.54, 1.807) is 6.20 Å². The Bertz CT molecular complexity index is 599. The second-order valence-electron chi connectivity index (χ2n) is 5.15. The van der Waals surface area contributed by atoms with Gasteiger partial charge in [-0.3, -0.25) is 4.79 Å². The van der Waals surface area contributed by atoms with Crippen molar-refractivity contribution in [3.63, 3.8) is 0 Å². The summed E-state index contributed by atoms with van der Waals surface area (Å²) in [5, 5.41) is 8.68. The molecule has 0 atom stereocenters. The van der Waals surface area contributed by atoms with E-state index < -0.39 is 5.97 Å². The van der Waals surface area contributed by atoms with Crippen molar-refractivity contribution in [2.45, 2.75) is 19.8 Å². The summed E-state index contributed by atoms with van der Waals surface area (Å²) in [5.74, 6) is 0.961. The van der Waals surface area contributed by atoms with Crippen LogP contribution in [0.1, 0.15) is 18.9 Å². The molecule has 1 N–H and O–H groups in total. The Morgan fingerprint density at radius 2 is 2.00 bits per heavy atom. The third-order valence-corrected chi connectivity index (χ3v) is 3.54. The number of carbonyl (C=O) groups is 1. The molecule has 0 aliphatic carbocycles. The van der Waals surface area contributed by atoms with Crippen LogP contribution in [0.5, 0.6) is 5.75 Å². The summed E-state index contributed by atoms with van der Waals surface area (Å²) in [6.07, 6.45) is 2.48. The number of pyridine rings is 1. The highest BCUT2D eigenvalue weighted by Crippen LogP contribution is 2.14. The zero-order chi connectivity index (χ0) is 16.5. The number of likely N-dealkylation sites (N-methyl/N-ethyl adjacent to an activating group) is 1. The molecule has 0 unspecified atom stereocenters. The summed E-state index contributed by atoms with van der Waals surface area (Å²) in [4.78, 5) is 17.1. The van der Waals surface area contributed by atoms with Crippen LogP contribution < -0.4 is 9.64 Å². The van der Waals surface area contributed by atoms with Crippen molar-refractivity contribution in [3.05, 3.63) is 54.2 Å². The van der Waals surface area contributed by atoms with E-state index in [0.29, 0.717) is 13.0 Å². The molecule has 5 nitrogen and oxygen atoms in total. The SMILES string of the molecule is CCN(CCOc1ccc(CCC(=O)O)cc1)c1ccccn1. The lowest BCUT2D eigenvalue weighted by atomic mass is 10.1. The summed E-state index contributed by atoms with van der Waals surface area (Å²) < 4.78 is 5.75.